The molecule has 0 saturated carbocycles. The van der Waals surface area contributed by atoms with Gasteiger partial charge in [0.1, 0.15) is 17.2 Å². The second kappa shape index (κ2) is 6.28. The number of Topliss-reactive ketones (excluding diaryl/α,β-unsaturated/α-hetero) is 1. The standard InChI is InChI=1S/C14H10Br2O4/c15-8-1-4-14(11(16)5-8)20-7-13(19)10-3-2-9(17)6-12(10)18/h1-6,17-18H,7H2. The van der Waals surface area contributed by atoms with Gasteiger partial charge in [0.15, 0.2) is 6.61 Å². The molecule has 0 aliphatic heterocycles. The van der Waals surface area contributed by atoms with E-state index in [0.717, 1.165) is 15.0 Å². The molecule has 0 aliphatic rings. The van der Waals surface area contributed by atoms with Gasteiger partial charge in [-0.2, -0.15) is 0 Å². The normalized spacial score (nSPS) is 10.3. The molecule has 2 aromatic carbocycles. The predicted molar refractivity (Wildman–Crippen MR) is 81.4 cm³/mol. The zero-order valence-corrected chi connectivity index (χ0v) is 13.3. The third-order valence-electron chi connectivity index (χ3n) is 2.53. The molecule has 0 aliphatic carbocycles. The Bertz CT molecular complexity index is 656. The van der Waals surface area contributed by atoms with Crippen LogP contribution in [-0.2, 0) is 0 Å². The van der Waals surface area contributed by atoms with E-state index in [-0.39, 0.29) is 29.5 Å². The van der Waals surface area contributed by atoms with Gasteiger partial charge >= 0.3 is 0 Å². The summed E-state index contributed by atoms with van der Waals surface area (Å²) in [5.74, 6) is -0.221. The number of aromatic hydroxyl groups is 2. The van der Waals surface area contributed by atoms with E-state index in [2.05, 4.69) is 31.9 Å². The first-order chi connectivity index (χ1) is 9.47. The third-order valence-corrected chi connectivity index (χ3v) is 3.65. The third kappa shape index (κ3) is 3.52. The van der Waals surface area contributed by atoms with Gasteiger partial charge in [-0.15, -0.1) is 0 Å². The summed E-state index contributed by atoms with van der Waals surface area (Å²) in [4.78, 5) is 11.9. The molecule has 0 heterocycles. The Kier molecular flexibility index (Phi) is 4.67. The van der Waals surface area contributed by atoms with Crippen LogP contribution in [0.15, 0.2) is 45.3 Å². The fraction of sp³-hybridized carbons (Fsp3) is 0.0714. The second-order valence-corrected chi connectivity index (χ2v) is 5.76. The molecule has 0 unspecified atom stereocenters. The molecular weight excluding hydrogens is 392 g/mol. The Morgan fingerprint density at radius 2 is 1.85 bits per heavy atom. The lowest BCUT2D eigenvalue weighted by Gasteiger charge is -2.09. The van der Waals surface area contributed by atoms with E-state index in [1.54, 1.807) is 18.2 Å². The zero-order chi connectivity index (χ0) is 14.7. The van der Waals surface area contributed by atoms with Crippen molar-refractivity contribution in [2.75, 3.05) is 6.61 Å². The number of ketones is 1. The average Bonchev–Trinajstić information content (AvgIpc) is 2.37. The molecule has 0 aromatic heterocycles. The highest BCUT2D eigenvalue weighted by Crippen LogP contribution is 2.29. The first-order valence-corrected chi connectivity index (χ1v) is 7.19. The number of hydrogen-bond donors (Lipinski definition) is 2. The molecule has 104 valence electrons. The van der Waals surface area contributed by atoms with Crippen molar-refractivity contribution in [1.29, 1.82) is 0 Å². The lowest BCUT2D eigenvalue weighted by molar-refractivity contribution is 0.0918. The molecule has 0 atom stereocenters. The van der Waals surface area contributed by atoms with Gasteiger partial charge in [-0.05, 0) is 46.3 Å². The Hall–Kier alpha value is -1.53. The molecule has 0 spiro atoms. The van der Waals surface area contributed by atoms with Gasteiger partial charge in [0.05, 0.1) is 10.0 Å². The summed E-state index contributed by atoms with van der Waals surface area (Å²) in [6.07, 6.45) is 0. The Morgan fingerprint density at radius 1 is 1.10 bits per heavy atom. The molecule has 2 N–H and O–H groups in total. The van der Waals surface area contributed by atoms with Crippen LogP contribution in [0.25, 0.3) is 0 Å². The number of benzene rings is 2. The molecule has 6 heteroatoms. The summed E-state index contributed by atoms with van der Waals surface area (Å²) in [6.45, 7) is -0.210. The van der Waals surface area contributed by atoms with Crippen LogP contribution >= 0.6 is 31.9 Å². The van der Waals surface area contributed by atoms with Gasteiger partial charge in [0.2, 0.25) is 5.78 Å². The first kappa shape index (κ1) is 14.9. The molecule has 0 amide bonds. The highest BCUT2D eigenvalue weighted by atomic mass is 79.9. The molecule has 4 nitrogen and oxygen atoms in total. The van der Waals surface area contributed by atoms with Crippen LogP contribution < -0.4 is 4.74 Å². The Balaban J connectivity index is 2.08. The summed E-state index contributed by atoms with van der Waals surface area (Å²) < 4.78 is 7.01. The topological polar surface area (TPSA) is 66.8 Å². The molecule has 0 saturated heterocycles. The van der Waals surface area contributed by atoms with Crippen molar-refractivity contribution in [1.82, 2.24) is 0 Å². The maximum Gasteiger partial charge on any atom is 0.203 e. The smallest absolute Gasteiger partial charge is 0.203 e. The van der Waals surface area contributed by atoms with E-state index in [1.807, 2.05) is 0 Å². The first-order valence-electron chi connectivity index (χ1n) is 5.60. The van der Waals surface area contributed by atoms with Crippen molar-refractivity contribution < 1.29 is 19.7 Å². The monoisotopic (exact) mass is 400 g/mol. The van der Waals surface area contributed by atoms with Gasteiger partial charge < -0.3 is 14.9 Å². The number of phenols is 2. The minimum atomic E-state index is -0.377. The van der Waals surface area contributed by atoms with E-state index in [0.29, 0.717) is 5.75 Å². The second-order valence-electron chi connectivity index (χ2n) is 3.99. The van der Waals surface area contributed by atoms with Crippen LogP contribution in [0.5, 0.6) is 17.2 Å². The molecular formula is C14H10Br2O4. The molecule has 2 rings (SSSR count). The maximum absolute atomic E-state index is 11.9. The van der Waals surface area contributed by atoms with Crippen LogP contribution in [0.2, 0.25) is 0 Å². The lowest BCUT2D eigenvalue weighted by Crippen LogP contribution is -2.12. The largest absolute Gasteiger partial charge is 0.508 e. The molecule has 0 radical (unpaired) electrons. The highest BCUT2D eigenvalue weighted by Gasteiger charge is 2.13. The van der Waals surface area contributed by atoms with Gasteiger partial charge in [0, 0.05) is 10.5 Å². The minimum absolute atomic E-state index is 0.101. The molecule has 2 aromatic rings. The van der Waals surface area contributed by atoms with Crippen molar-refractivity contribution in [3.8, 4) is 17.2 Å². The van der Waals surface area contributed by atoms with Gasteiger partial charge in [-0.3, -0.25) is 4.79 Å². The molecule has 0 fully saturated rings. The fourth-order valence-corrected chi connectivity index (χ4v) is 2.73. The summed E-state index contributed by atoms with van der Waals surface area (Å²) in [5, 5.41) is 18.8. The minimum Gasteiger partial charge on any atom is -0.508 e. The Morgan fingerprint density at radius 3 is 2.50 bits per heavy atom. The van der Waals surface area contributed by atoms with Crippen LogP contribution in [0.1, 0.15) is 10.4 Å². The number of phenolic OH excluding ortho intramolecular Hbond substituents is 2. The number of hydrogen-bond acceptors (Lipinski definition) is 4. The van der Waals surface area contributed by atoms with Crippen molar-refractivity contribution in [2.45, 2.75) is 0 Å². The number of carbonyl (C=O) groups is 1. The van der Waals surface area contributed by atoms with Gasteiger partial charge in [-0.1, -0.05) is 15.9 Å². The van der Waals surface area contributed by atoms with E-state index < -0.39 is 0 Å². The highest BCUT2D eigenvalue weighted by molar-refractivity contribution is 9.11. The number of ether oxygens (including phenoxy) is 1. The van der Waals surface area contributed by atoms with E-state index in [9.17, 15) is 15.0 Å². The van der Waals surface area contributed by atoms with Crippen LogP contribution in [-0.4, -0.2) is 22.6 Å². The van der Waals surface area contributed by atoms with Crippen molar-refractivity contribution >= 4 is 37.6 Å². The fourth-order valence-electron chi connectivity index (χ4n) is 1.57. The quantitative estimate of drug-likeness (QED) is 0.763. The Labute approximate surface area is 132 Å². The molecule has 20 heavy (non-hydrogen) atoms. The SMILES string of the molecule is O=C(COc1ccc(Br)cc1Br)c1ccc(O)cc1O. The van der Waals surface area contributed by atoms with E-state index in [4.69, 9.17) is 4.74 Å². The van der Waals surface area contributed by atoms with Crippen LogP contribution in [0.4, 0.5) is 0 Å². The van der Waals surface area contributed by atoms with Crippen molar-refractivity contribution in [3.63, 3.8) is 0 Å². The lowest BCUT2D eigenvalue weighted by atomic mass is 10.1. The van der Waals surface area contributed by atoms with Crippen molar-refractivity contribution in [3.05, 3.63) is 50.9 Å². The van der Waals surface area contributed by atoms with Crippen molar-refractivity contribution in [2.24, 2.45) is 0 Å². The number of rotatable bonds is 4. The van der Waals surface area contributed by atoms with Crippen LogP contribution in [0, 0.1) is 0 Å². The summed E-state index contributed by atoms with van der Waals surface area (Å²) in [5.41, 5.74) is 0.107. The van der Waals surface area contributed by atoms with Crippen LogP contribution in [0.3, 0.4) is 0 Å². The van der Waals surface area contributed by atoms with E-state index >= 15 is 0 Å². The average molecular weight is 402 g/mol. The zero-order valence-electron chi connectivity index (χ0n) is 10.1. The number of halogens is 2. The summed E-state index contributed by atoms with van der Waals surface area (Å²) in [7, 11) is 0. The van der Waals surface area contributed by atoms with Gasteiger partial charge in [-0.25, -0.2) is 0 Å². The summed E-state index contributed by atoms with van der Waals surface area (Å²) >= 11 is 6.65. The predicted octanol–water partition coefficient (Wildman–Crippen LogP) is 3.88. The number of carbonyl (C=O) groups excluding carboxylic acids is 1. The van der Waals surface area contributed by atoms with Gasteiger partial charge in [0.25, 0.3) is 0 Å². The van der Waals surface area contributed by atoms with E-state index in [1.165, 1.54) is 12.1 Å². The maximum atomic E-state index is 11.9. The summed E-state index contributed by atoms with van der Waals surface area (Å²) in [6, 6.07) is 9.12. The molecule has 0 bridgehead atoms.